The van der Waals surface area contributed by atoms with Gasteiger partial charge in [0.1, 0.15) is 5.57 Å². The van der Waals surface area contributed by atoms with Crippen LogP contribution in [0.1, 0.15) is 500 Å². The number of hydrogen-bond donors (Lipinski definition) is 0. The van der Waals surface area contributed by atoms with Crippen molar-refractivity contribution in [2.45, 2.75) is 502 Å². The van der Waals surface area contributed by atoms with E-state index in [0.29, 0.717) is 0 Å². The molecule has 3 heteroatoms. The van der Waals surface area contributed by atoms with Crippen LogP contribution in [-0.2, 0) is 27.3 Å². The van der Waals surface area contributed by atoms with Crippen LogP contribution in [0.2, 0.25) is 10.8 Å². The van der Waals surface area contributed by atoms with Crippen molar-refractivity contribution in [2.75, 3.05) is 0 Å². The summed E-state index contributed by atoms with van der Waals surface area (Å²) < 4.78 is 1.51. The standard InChI is InChI=1S/C48H72N2.2C24H49.Ni/c1-5-9-13-15-17-18-19-20-21-22-23-25-28-38-46-45(37-12-8-4)47(43-35-30-34-42(40-43)32-27-24-16-14-10-6-2)50(49)48(46)44-36-29-33-41(39-44)31-26-11-7-3;2*1-3-5-7-9-11-13-15-17-19-21-23-24-22-20-18-16-14-12-10-8-6-4-2;/h29-30,33-36,39-40H,5-27,31-32,37H2,1-4H3;2*1,3-24H2,2H3;. The van der Waals surface area contributed by atoms with Crippen molar-refractivity contribution in [2.24, 2.45) is 0 Å². The number of benzene rings is 2. The first-order valence-electron chi connectivity index (χ1n) is 45.1. The van der Waals surface area contributed by atoms with Crippen LogP contribution in [-0.4, -0.2) is 4.70 Å². The van der Waals surface area contributed by atoms with Crippen molar-refractivity contribution in [1.29, 1.82) is 0 Å². The minimum Gasteiger partial charge on any atom is -0.0654 e. The Labute approximate surface area is 627 Å². The van der Waals surface area contributed by atoms with E-state index in [1.807, 2.05) is 0 Å². The van der Waals surface area contributed by atoms with Crippen LogP contribution >= 0.6 is 0 Å². The summed E-state index contributed by atoms with van der Waals surface area (Å²) in [5, 5.41) is 2.87. The smallest absolute Gasteiger partial charge is 0.0654 e. The molecular weight excluding hydrogens is 1240 g/mol. The molecule has 0 radical (unpaired) electrons. The summed E-state index contributed by atoms with van der Waals surface area (Å²) in [6, 6.07) is 17.8. The zero-order valence-corrected chi connectivity index (χ0v) is 68.7. The molecule has 1 aliphatic rings. The van der Waals surface area contributed by atoms with Crippen LogP contribution in [0.4, 0.5) is 0 Å². The van der Waals surface area contributed by atoms with E-state index >= 15 is 0 Å². The molecule has 3 rings (SSSR count). The van der Waals surface area contributed by atoms with Crippen molar-refractivity contribution >= 4 is 11.4 Å². The van der Waals surface area contributed by atoms with E-state index in [1.165, 1.54) is 437 Å². The molecule has 0 N–H and O–H groups in total. The molecule has 2 aromatic carbocycles. The number of aryl methyl sites for hydroxylation is 2. The molecule has 0 bridgehead atoms. The average Bonchev–Trinajstić information content (AvgIpc) is 1.61. The molecule has 99 heavy (non-hydrogen) atoms. The molecule has 0 atom stereocenters. The fourth-order valence-corrected chi connectivity index (χ4v) is 16.2. The molecular formula is C96H170N2Ni. The van der Waals surface area contributed by atoms with Crippen LogP contribution in [0.15, 0.2) is 59.7 Å². The first-order valence-corrected chi connectivity index (χ1v) is 46.5. The predicted molar refractivity (Wildman–Crippen MR) is 443 cm³/mol. The maximum absolute atomic E-state index is 12.1. The Bertz CT molecular complexity index is 2140. The summed E-state index contributed by atoms with van der Waals surface area (Å²) in [4.78, 5) is 0. The zero-order valence-electron chi connectivity index (χ0n) is 67.7. The Morgan fingerprint density at radius 3 is 0.838 bits per heavy atom. The maximum atomic E-state index is 12.1. The molecule has 0 aliphatic carbocycles. The zero-order chi connectivity index (χ0) is 70.9. The van der Waals surface area contributed by atoms with E-state index < -0.39 is 0 Å². The second kappa shape index (κ2) is 73.9. The third kappa shape index (κ3) is 54.8. The molecule has 1 heterocycles. The van der Waals surface area contributed by atoms with Crippen molar-refractivity contribution in [1.82, 2.24) is 0 Å². The monoisotopic (exact) mass is 1410 g/mol. The van der Waals surface area contributed by atoms with E-state index in [9.17, 15) is 5.53 Å². The normalized spacial score (nSPS) is 12.4. The second-order valence-corrected chi connectivity index (χ2v) is 32.7. The Hall–Kier alpha value is -2.43. The molecule has 0 saturated heterocycles. The third-order valence-corrected chi connectivity index (χ3v) is 23.0. The van der Waals surface area contributed by atoms with Gasteiger partial charge in [-0.25, -0.2) is 4.70 Å². The van der Waals surface area contributed by atoms with Gasteiger partial charge in [0, 0.05) is 23.1 Å². The van der Waals surface area contributed by atoms with Gasteiger partial charge < -0.3 is 5.53 Å². The van der Waals surface area contributed by atoms with E-state index in [4.69, 9.17) is 0 Å². The number of hydrogen-bond acceptors (Lipinski definition) is 0. The number of rotatable bonds is 73. The van der Waals surface area contributed by atoms with Crippen molar-refractivity contribution in [3.63, 3.8) is 0 Å². The Kier molecular flexibility index (Phi) is 69.1. The van der Waals surface area contributed by atoms with Gasteiger partial charge in [-0.15, -0.1) is 0 Å². The van der Waals surface area contributed by atoms with Crippen LogP contribution in [0, 0.1) is 11.8 Å². The van der Waals surface area contributed by atoms with Gasteiger partial charge in [-0.3, -0.25) is 0 Å². The van der Waals surface area contributed by atoms with Gasteiger partial charge in [0.25, 0.3) is 0 Å². The van der Waals surface area contributed by atoms with E-state index in [0.717, 1.165) is 73.0 Å². The van der Waals surface area contributed by atoms with Crippen LogP contribution in [0.3, 0.4) is 0 Å². The van der Waals surface area contributed by atoms with Gasteiger partial charge in [0.15, 0.2) is 0 Å². The SMILES string of the molecule is CCCCCCCCCCCCCC#CC1=C(c2cccc(CCCCC)c2)[N+](=[N-])C(c2cccc(CCCCCCCC)c2)=C1CCCC.CCCCCCCCCCCCCCCCCCCCCCC[CH2][Ni][CH2]CCCCCCCCCCCCCCCCCCCCCCC. The summed E-state index contributed by atoms with van der Waals surface area (Å²) >= 11 is 2.05. The molecule has 0 fully saturated rings. The number of nitrogens with zero attached hydrogens (tertiary/aromatic N) is 2. The molecule has 2 aromatic rings. The summed E-state index contributed by atoms with van der Waals surface area (Å²) in [7, 11) is 0. The summed E-state index contributed by atoms with van der Waals surface area (Å²) in [5.41, 5.74) is 21.1. The van der Waals surface area contributed by atoms with Gasteiger partial charge in [-0.2, -0.15) is 0 Å². The fraction of sp³-hybridized carbons (Fsp3) is 0.812. The molecule has 0 amide bonds. The fourth-order valence-electron chi connectivity index (χ4n) is 15.0. The second-order valence-electron chi connectivity index (χ2n) is 31.3. The van der Waals surface area contributed by atoms with E-state index in [2.05, 4.69) is 116 Å². The molecule has 2 nitrogen and oxygen atoms in total. The van der Waals surface area contributed by atoms with E-state index in [1.54, 1.807) is 0 Å². The van der Waals surface area contributed by atoms with Crippen molar-refractivity contribution in [3.05, 3.63) is 87.5 Å². The van der Waals surface area contributed by atoms with Gasteiger partial charge in [0.2, 0.25) is 11.4 Å². The predicted octanol–water partition coefficient (Wildman–Crippen LogP) is 34.5. The number of unbranched alkanes of at least 4 members (excludes halogenated alkanes) is 61. The molecule has 0 spiro atoms. The van der Waals surface area contributed by atoms with Gasteiger partial charge in [0.05, 0.1) is 0 Å². The summed E-state index contributed by atoms with van der Waals surface area (Å²) in [6.07, 6.45) is 97.7. The van der Waals surface area contributed by atoms with Crippen LogP contribution in [0.5, 0.6) is 0 Å². The van der Waals surface area contributed by atoms with Crippen LogP contribution in [0.25, 0.3) is 16.9 Å². The third-order valence-electron chi connectivity index (χ3n) is 21.6. The van der Waals surface area contributed by atoms with Gasteiger partial charge >= 0.3 is 166 Å². The minimum atomic E-state index is 0.871. The van der Waals surface area contributed by atoms with Crippen molar-refractivity contribution in [3.8, 4) is 11.8 Å². The molecule has 574 valence electrons. The summed E-state index contributed by atoms with van der Waals surface area (Å²) in [5.74, 6) is 7.26. The Morgan fingerprint density at radius 1 is 0.273 bits per heavy atom. The molecule has 0 aromatic heterocycles. The van der Waals surface area contributed by atoms with Gasteiger partial charge in [-0.1, -0.05) is 334 Å². The summed E-state index contributed by atoms with van der Waals surface area (Å²) in [6.45, 7) is 13.7. The first-order chi connectivity index (χ1) is 49.1. The first kappa shape index (κ1) is 92.7. The van der Waals surface area contributed by atoms with Gasteiger partial charge in [-0.05, 0) is 80.3 Å². The molecule has 0 unspecified atom stereocenters. The van der Waals surface area contributed by atoms with Crippen molar-refractivity contribution < 1.29 is 19.1 Å². The van der Waals surface area contributed by atoms with E-state index in [-0.39, 0.29) is 0 Å². The molecule has 1 aliphatic heterocycles. The number of allylic oxidation sites excluding steroid dienone is 2. The minimum absolute atomic E-state index is 0.871. The Morgan fingerprint density at radius 2 is 0.525 bits per heavy atom. The average molecular weight is 1410 g/mol. The molecule has 0 saturated carbocycles. The topological polar surface area (TPSA) is 25.3 Å². The van der Waals surface area contributed by atoms with Crippen LogP contribution < -0.4 is 0 Å². The quantitative estimate of drug-likeness (QED) is 0.0273. The Balaban J connectivity index is 0.000000674.